The lowest BCUT2D eigenvalue weighted by molar-refractivity contribution is 0.401. The van der Waals surface area contributed by atoms with Crippen LogP contribution in [0, 0.1) is 11.6 Å². The van der Waals surface area contributed by atoms with Gasteiger partial charge < -0.3 is 4.74 Å². The van der Waals surface area contributed by atoms with Gasteiger partial charge in [-0.05, 0) is 44.2 Å². The smallest absolute Gasteiger partial charge is 0.322 e. The fraction of sp³-hybridized carbons (Fsp3) is 0.222. The normalized spacial score (nSPS) is 12.7. The molecule has 0 spiro atoms. The van der Waals surface area contributed by atoms with E-state index >= 15 is 0 Å². The van der Waals surface area contributed by atoms with Crippen molar-refractivity contribution in [3.63, 3.8) is 0 Å². The zero-order valence-corrected chi connectivity index (χ0v) is 18.1. The number of aromatic nitrogens is 3. The van der Waals surface area contributed by atoms with Crippen LogP contribution in [0.4, 0.5) is 8.78 Å². The highest BCUT2D eigenvalue weighted by molar-refractivity contribution is 7.89. The summed E-state index contributed by atoms with van der Waals surface area (Å²) in [5.41, 5.74) is 0. The first-order valence-corrected chi connectivity index (χ1v) is 10.9. The van der Waals surface area contributed by atoms with Gasteiger partial charge in [0.2, 0.25) is 10.0 Å². The summed E-state index contributed by atoms with van der Waals surface area (Å²) in [7, 11) is -3.94. The minimum absolute atomic E-state index is 0.000839. The Bertz CT molecular complexity index is 1190. The molecule has 1 N–H and O–H groups in total. The van der Waals surface area contributed by atoms with Gasteiger partial charge in [0.25, 0.3) is 0 Å². The molecule has 0 amide bonds. The van der Waals surface area contributed by atoms with Crippen LogP contribution < -0.4 is 9.46 Å². The highest BCUT2D eigenvalue weighted by Gasteiger charge is 2.24. The van der Waals surface area contributed by atoms with Crippen LogP contribution in [-0.2, 0) is 16.6 Å². The van der Waals surface area contributed by atoms with Gasteiger partial charge in [-0.25, -0.2) is 21.9 Å². The first-order chi connectivity index (χ1) is 14.1. The Labute approximate surface area is 181 Å². The molecule has 1 heterocycles. The van der Waals surface area contributed by atoms with E-state index in [0.29, 0.717) is 6.54 Å². The molecule has 0 aliphatic rings. The van der Waals surface area contributed by atoms with Crippen molar-refractivity contribution >= 4 is 33.2 Å². The molecule has 160 valence electrons. The number of benzene rings is 2. The third-order valence-electron chi connectivity index (χ3n) is 4.08. The average molecular weight is 477 g/mol. The van der Waals surface area contributed by atoms with Gasteiger partial charge in [0.1, 0.15) is 5.75 Å². The summed E-state index contributed by atoms with van der Waals surface area (Å²) in [6.45, 7) is 3.68. The van der Waals surface area contributed by atoms with Gasteiger partial charge >= 0.3 is 6.01 Å². The van der Waals surface area contributed by atoms with Crippen LogP contribution in [0.15, 0.2) is 41.3 Å². The zero-order chi connectivity index (χ0) is 22.1. The van der Waals surface area contributed by atoms with E-state index in [2.05, 4.69) is 14.9 Å². The molecule has 0 fully saturated rings. The number of nitrogens with one attached hydrogen (secondary N) is 1. The summed E-state index contributed by atoms with van der Waals surface area (Å²) < 4.78 is 61.3. The molecule has 0 saturated heterocycles. The Hall–Kier alpha value is -2.27. The van der Waals surface area contributed by atoms with E-state index in [-0.39, 0.29) is 32.5 Å². The fourth-order valence-electron chi connectivity index (χ4n) is 2.64. The van der Waals surface area contributed by atoms with E-state index < -0.39 is 27.7 Å². The summed E-state index contributed by atoms with van der Waals surface area (Å²) in [5.74, 6) is -1.80. The molecule has 0 bridgehead atoms. The number of nitrogens with zero attached hydrogens (tertiary/aromatic N) is 3. The third kappa shape index (κ3) is 4.72. The summed E-state index contributed by atoms with van der Waals surface area (Å²) in [6, 6.07) is 6.19. The van der Waals surface area contributed by atoms with Crippen LogP contribution in [0.2, 0.25) is 10.0 Å². The van der Waals surface area contributed by atoms with Gasteiger partial charge in [-0.15, -0.1) is 5.10 Å². The third-order valence-corrected chi connectivity index (χ3v) is 6.36. The quantitative estimate of drug-likeness (QED) is 0.533. The second-order valence-corrected chi connectivity index (χ2v) is 8.71. The van der Waals surface area contributed by atoms with Gasteiger partial charge in [-0.1, -0.05) is 28.3 Å². The molecule has 2 aromatic carbocycles. The van der Waals surface area contributed by atoms with Crippen molar-refractivity contribution in [1.29, 1.82) is 0 Å². The van der Waals surface area contributed by atoms with Crippen molar-refractivity contribution in [2.45, 2.75) is 31.3 Å². The van der Waals surface area contributed by atoms with E-state index in [4.69, 9.17) is 27.9 Å². The standard InChI is InChI=1S/C18H16Cl2F2N4O3S/c1-3-26-17(23-24-18(26)29-11-4-7-15(21)16(22)8-11)10(2)25-30(27,28)12-5-6-13(19)14(20)9-12/h4-10,25H,3H2,1-2H3/t10-/m1/s1. The topological polar surface area (TPSA) is 86.1 Å². The largest absolute Gasteiger partial charge is 0.424 e. The molecule has 0 unspecified atom stereocenters. The lowest BCUT2D eigenvalue weighted by atomic mass is 10.3. The van der Waals surface area contributed by atoms with Crippen molar-refractivity contribution in [3.05, 3.63) is 63.9 Å². The molecule has 30 heavy (non-hydrogen) atoms. The SMILES string of the molecule is CCn1c(Oc2ccc(F)c(F)c2)nnc1[C@@H](C)NS(=O)(=O)c1ccc(Cl)c(Cl)c1. The van der Waals surface area contributed by atoms with E-state index in [0.717, 1.165) is 12.1 Å². The van der Waals surface area contributed by atoms with Crippen molar-refractivity contribution in [2.75, 3.05) is 0 Å². The molecule has 0 aliphatic heterocycles. The van der Waals surface area contributed by atoms with Crippen molar-refractivity contribution in [3.8, 4) is 11.8 Å². The minimum Gasteiger partial charge on any atom is -0.424 e. The van der Waals surface area contributed by atoms with Crippen LogP contribution in [0.1, 0.15) is 25.7 Å². The summed E-state index contributed by atoms with van der Waals surface area (Å²) in [6.07, 6.45) is 0. The number of halogens is 4. The zero-order valence-electron chi connectivity index (χ0n) is 15.7. The number of hydrogen-bond donors (Lipinski definition) is 1. The molecule has 0 radical (unpaired) electrons. The molecule has 0 saturated carbocycles. The highest BCUT2D eigenvalue weighted by atomic mass is 35.5. The van der Waals surface area contributed by atoms with Gasteiger partial charge in [-0.3, -0.25) is 4.57 Å². The molecule has 1 aromatic heterocycles. The Morgan fingerprint density at radius 3 is 2.47 bits per heavy atom. The molecule has 3 aromatic rings. The predicted octanol–water partition coefficient (Wildman–Crippen LogP) is 4.71. The summed E-state index contributed by atoms with van der Waals surface area (Å²) >= 11 is 11.7. The molecule has 1 atom stereocenters. The first kappa shape index (κ1) is 22.4. The van der Waals surface area contributed by atoms with Crippen molar-refractivity contribution in [2.24, 2.45) is 0 Å². The van der Waals surface area contributed by atoms with Crippen molar-refractivity contribution < 1.29 is 21.9 Å². The van der Waals surface area contributed by atoms with Crippen LogP contribution >= 0.6 is 23.2 Å². The first-order valence-electron chi connectivity index (χ1n) is 8.65. The summed E-state index contributed by atoms with van der Waals surface area (Å²) in [4.78, 5) is -0.0652. The fourth-order valence-corrected chi connectivity index (χ4v) is 4.23. The molecular formula is C18H16Cl2F2N4O3S. The number of ether oxygens (including phenoxy) is 1. The summed E-state index contributed by atoms with van der Waals surface area (Å²) in [5, 5.41) is 8.20. The van der Waals surface area contributed by atoms with Crippen LogP contribution in [-0.4, -0.2) is 23.2 Å². The van der Waals surface area contributed by atoms with E-state index in [1.54, 1.807) is 13.8 Å². The second-order valence-electron chi connectivity index (χ2n) is 6.18. The van der Waals surface area contributed by atoms with Crippen LogP contribution in [0.25, 0.3) is 0 Å². The molecule has 12 heteroatoms. The number of rotatable bonds is 7. The van der Waals surface area contributed by atoms with Crippen molar-refractivity contribution in [1.82, 2.24) is 19.5 Å². The average Bonchev–Trinajstić information content (AvgIpc) is 3.09. The molecule has 0 aliphatic carbocycles. The van der Waals surface area contributed by atoms with Crippen LogP contribution in [0.5, 0.6) is 11.8 Å². The lowest BCUT2D eigenvalue weighted by Crippen LogP contribution is -2.29. The maximum atomic E-state index is 13.4. The maximum Gasteiger partial charge on any atom is 0.322 e. The Kier molecular flexibility index (Phi) is 6.61. The second kappa shape index (κ2) is 8.84. The van der Waals surface area contributed by atoms with Gasteiger partial charge in [0, 0.05) is 12.6 Å². The highest BCUT2D eigenvalue weighted by Crippen LogP contribution is 2.27. The Morgan fingerprint density at radius 1 is 1.10 bits per heavy atom. The predicted molar refractivity (Wildman–Crippen MR) is 107 cm³/mol. The van der Waals surface area contributed by atoms with E-state index in [9.17, 15) is 17.2 Å². The van der Waals surface area contributed by atoms with E-state index in [1.807, 2.05) is 0 Å². The van der Waals surface area contributed by atoms with Gasteiger partial charge in [0.05, 0.1) is 21.0 Å². The van der Waals surface area contributed by atoms with Gasteiger partial charge in [0.15, 0.2) is 17.5 Å². The van der Waals surface area contributed by atoms with E-state index in [1.165, 1.54) is 28.8 Å². The molecular weight excluding hydrogens is 461 g/mol. The number of hydrogen-bond acceptors (Lipinski definition) is 5. The number of sulfonamides is 1. The minimum atomic E-state index is -3.94. The molecule has 3 rings (SSSR count). The Morgan fingerprint density at radius 2 is 1.83 bits per heavy atom. The monoisotopic (exact) mass is 476 g/mol. The molecule has 7 nitrogen and oxygen atoms in total. The van der Waals surface area contributed by atoms with Crippen LogP contribution in [0.3, 0.4) is 0 Å². The van der Waals surface area contributed by atoms with Gasteiger partial charge in [-0.2, -0.15) is 0 Å². The lowest BCUT2D eigenvalue weighted by Gasteiger charge is -2.15. The Balaban J connectivity index is 1.84. The maximum absolute atomic E-state index is 13.4.